The van der Waals surface area contributed by atoms with Crippen molar-refractivity contribution in [1.29, 1.82) is 0 Å². The van der Waals surface area contributed by atoms with Gasteiger partial charge in [-0.1, -0.05) is 78.9 Å². The molecule has 0 radical (unpaired) electrons. The van der Waals surface area contributed by atoms with Crippen molar-refractivity contribution in [3.05, 3.63) is 91.0 Å². The van der Waals surface area contributed by atoms with Gasteiger partial charge >= 0.3 is 7.12 Å². The molecule has 0 aliphatic carbocycles. The minimum Gasteiger partial charge on any atom is -0.399 e. The summed E-state index contributed by atoms with van der Waals surface area (Å²) >= 11 is 0. The second kappa shape index (κ2) is 7.18. The van der Waals surface area contributed by atoms with Crippen LogP contribution in [0.2, 0.25) is 0 Å². The summed E-state index contributed by atoms with van der Waals surface area (Å²) in [5, 5.41) is 7.26. The largest absolute Gasteiger partial charge is 0.496 e. The molecule has 5 aromatic carbocycles. The van der Waals surface area contributed by atoms with Crippen molar-refractivity contribution in [1.82, 2.24) is 0 Å². The van der Waals surface area contributed by atoms with Crippen LogP contribution in [0.1, 0.15) is 27.7 Å². The van der Waals surface area contributed by atoms with Crippen molar-refractivity contribution in [3.63, 3.8) is 0 Å². The van der Waals surface area contributed by atoms with Crippen molar-refractivity contribution >= 4 is 44.9 Å². The SMILES string of the molecule is CC1(C)OB(c2c3ccccc3cc3c(-c4ccccc4)c4ccccc4cc23)OC1(C)C. The van der Waals surface area contributed by atoms with Gasteiger partial charge in [0.15, 0.2) is 0 Å². The van der Waals surface area contributed by atoms with Crippen molar-refractivity contribution in [2.75, 3.05) is 0 Å². The molecule has 0 spiro atoms. The molecule has 1 fully saturated rings. The lowest BCUT2D eigenvalue weighted by Crippen LogP contribution is -2.41. The van der Waals surface area contributed by atoms with Crippen LogP contribution in [0.4, 0.5) is 0 Å². The summed E-state index contributed by atoms with van der Waals surface area (Å²) < 4.78 is 13.2. The van der Waals surface area contributed by atoms with Crippen LogP contribution in [0.15, 0.2) is 91.0 Å². The predicted molar refractivity (Wildman–Crippen MR) is 140 cm³/mol. The van der Waals surface area contributed by atoms with Crippen LogP contribution in [-0.4, -0.2) is 18.3 Å². The summed E-state index contributed by atoms with van der Waals surface area (Å²) in [6, 6.07) is 32.6. The van der Waals surface area contributed by atoms with Crippen molar-refractivity contribution in [2.45, 2.75) is 38.9 Å². The maximum absolute atomic E-state index is 6.60. The monoisotopic (exact) mass is 430 g/mol. The molecule has 0 unspecified atom stereocenters. The molecule has 1 saturated heterocycles. The molecular formula is C30H27BO2. The number of fused-ring (bicyclic) bond motifs is 3. The first kappa shape index (κ1) is 20.5. The zero-order valence-corrected chi connectivity index (χ0v) is 19.6. The van der Waals surface area contributed by atoms with Crippen LogP contribution in [0.3, 0.4) is 0 Å². The molecular weight excluding hydrogens is 403 g/mol. The van der Waals surface area contributed by atoms with E-state index in [0.717, 1.165) is 5.46 Å². The Hall–Kier alpha value is -3.14. The van der Waals surface area contributed by atoms with Crippen LogP contribution < -0.4 is 5.46 Å². The molecule has 1 aliphatic rings. The fourth-order valence-electron chi connectivity index (χ4n) is 5.04. The first-order valence-electron chi connectivity index (χ1n) is 11.6. The second-order valence-corrected chi connectivity index (χ2v) is 10.0. The lowest BCUT2D eigenvalue weighted by atomic mass is 9.72. The Morgan fingerprint density at radius 2 is 1.06 bits per heavy atom. The van der Waals surface area contributed by atoms with Gasteiger partial charge in [0.25, 0.3) is 0 Å². The van der Waals surface area contributed by atoms with E-state index in [9.17, 15) is 0 Å². The van der Waals surface area contributed by atoms with E-state index in [2.05, 4.69) is 119 Å². The van der Waals surface area contributed by atoms with Gasteiger partial charge in [-0.05, 0) is 88.7 Å². The van der Waals surface area contributed by atoms with Gasteiger partial charge in [-0.2, -0.15) is 0 Å². The van der Waals surface area contributed by atoms with Crippen LogP contribution in [0.5, 0.6) is 0 Å². The third-order valence-electron chi connectivity index (χ3n) is 7.48. The van der Waals surface area contributed by atoms with E-state index in [-0.39, 0.29) is 0 Å². The summed E-state index contributed by atoms with van der Waals surface area (Å²) in [7, 11) is -0.437. The third kappa shape index (κ3) is 3.11. The summed E-state index contributed by atoms with van der Waals surface area (Å²) in [6.45, 7) is 8.46. The van der Waals surface area contributed by atoms with Crippen LogP contribution >= 0.6 is 0 Å². The second-order valence-electron chi connectivity index (χ2n) is 10.0. The molecule has 0 N–H and O–H groups in total. The molecule has 33 heavy (non-hydrogen) atoms. The van der Waals surface area contributed by atoms with E-state index in [1.807, 2.05) is 0 Å². The Kier molecular flexibility index (Phi) is 4.45. The van der Waals surface area contributed by atoms with Gasteiger partial charge in [0.05, 0.1) is 11.2 Å². The summed E-state index contributed by atoms with van der Waals surface area (Å²) in [5.41, 5.74) is 2.78. The van der Waals surface area contributed by atoms with Gasteiger partial charge in [-0.15, -0.1) is 0 Å². The maximum Gasteiger partial charge on any atom is 0.496 e. The first-order valence-corrected chi connectivity index (χ1v) is 11.6. The van der Waals surface area contributed by atoms with Crippen LogP contribution in [0.25, 0.3) is 43.4 Å². The fraction of sp³-hybridized carbons (Fsp3) is 0.200. The average molecular weight is 430 g/mol. The maximum atomic E-state index is 6.60. The Balaban J connectivity index is 1.78. The third-order valence-corrected chi connectivity index (χ3v) is 7.48. The summed E-state index contributed by atoms with van der Waals surface area (Å²) in [6.07, 6.45) is 0. The minimum atomic E-state index is -0.437. The van der Waals surface area contributed by atoms with Gasteiger partial charge in [0.1, 0.15) is 0 Å². The van der Waals surface area contributed by atoms with Gasteiger partial charge in [0.2, 0.25) is 0 Å². The van der Waals surface area contributed by atoms with E-state index < -0.39 is 18.3 Å². The van der Waals surface area contributed by atoms with E-state index in [0.29, 0.717) is 0 Å². The molecule has 1 heterocycles. The number of hydrogen-bond donors (Lipinski definition) is 0. The molecule has 0 atom stereocenters. The standard InChI is InChI=1S/C30H27BO2/c1-29(2)30(3,4)33-31(32-29)28-24-17-11-9-15-22(24)18-25-26(28)19-21-14-8-10-16-23(21)27(25)20-12-6-5-7-13-20/h5-19H,1-4H3. The molecule has 0 amide bonds. The number of rotatable bonds is 2. The molecule has 0 bridgehead atoms. The lowest BCUT2D eigenvalue weighted by Gasteiger charge is -2.32. The highest BCUT2D eigenvalue weighted by Crippen LogP contribution is 2.41. The van der Waals surface area contributed by atoms with Crippen LogP contribution in [0, 0.1) is 0 Å². The Labute approximate surface area is 195 Å². The van der Waals surface area contributed by atoms with Gasteiger partial charge in [0, 0.05) is 0 Å². The highest BCUT2D eigenvalue weighted by Gasteiger charge is 2.52. The van der Waals surface area contributed by atoms with E-state index in [1.165, 1.54) is 43.4 Å². The van der Waals surface area contributed by atoms with E-state index >= 15 is 0 Å². The summed E-state index contributed by atoms with van der Waals surface area (Å²) in [4.78, 5) is 0. The molecule has 6 rings (SSSR count). The molecule has 162 valence electrons. The first-order chi connectivity index (χ1) is 15.9. The van der Waals surface area contributed by atoms with E-state index in [4.69, 9.17) is 9.31 Å². The molecule has 0 aromatic heterocycles. The van der Waals surface area contributed by atoms with Crippen molar-refractivity contribution in [3.8, 4) is 11.1 Å². The minimum absolute atomic E-state index is 0.403. The topological polar surface area (TPSA) is 18.5 Å². The smallest absolute Gasteiger partial charge is 0.399 e. The molecule has 2 nitrogen and oxygen atoms in total. The average Bonchev–Trinajstić information content (AvgIpc) is 3.02. The van der Waals surface area contributed by atoms with Gasteiger partial charge in [-0.25, -0.2) is 0 Å². The Morgan fingerprint density at radius 3 is 1.73 bits per heavy atom. The molecule has 5 aromatic rings. The molecule has 1 aliphatic heterocycles. The number of hydrogen-bond acceptors (Lipinski definition) is 2. The van der Waals surface area contributed by atoms with Gasteiger partial charge in [-0.3, -0.25) is 0 Å². The van der Waals surface area contributed by atoms with Crippen molar-refractivity contribution in [2.24, 2.45) is 0 Å². The molecule has 0 saturated carbocycles. The highest BCUT2D eigenvalue weighted by atomic mass is 16.7. The quantitative estimate of drug-likeness (QED) is 0.219. The predicted octanol–water partition coefficient (Wildman–Crippen LogP) is 7.11. The van der Waals surface area contributed by atoms with Crippen LogP contribution in [-0.2, 0) is 9.31 Å². The Morgan fingerprint density at radius 1 is 0.545 bits per heavy atom. The highest BCUT2D eigenvalue weighted by molar-refractivity contribution is 6.68. The van der Waals surface area contributed by atoms with Crippen molar-refractivity contribution < 1.29 is 9.31 Å². The normalized spacial score (nSPS) is 17.3. The zero-order valence-electron chi connectivity index (χ0n) is 19.6. The number of benzene rings is 5. The molecule has 3 heteroatoms. The van der Waals surface area contributed by atoms with Gasteiger partial charge < -0.3 is 9.31 Å². The zero-order chi connectivity index (χ0) is 22.8. The lowest BCUT2D eigenvalue weighted by molar-refractivity contribution is 0.00578. The Bertz CT molecular complexity index is 1500. The van der Waals surface area contributed by atoms with E-state index in [1.54, 1.807) is 0 Å². The summed E-state index contributed by atoms with van der Waals surface area (Å²) in [5.74, 6) is 0. The fourth-order valence-corrected chi connectivity index (χ4v) is 5.04.